The van der Waals surface area contributed by atoms with Gasteiger partial charge in [0.1, 0.15) is 30.5 Å². The van der Waals surface area contributed by atoms with Crippen molar-refractivity contribution in [2.24, 2.45) is 0 Å². The number of thiol groups is 1. The highest BCUT2D eigenvalue weighted by Gasteiger charge is 2.08. The van der Waals surface area contributed by atoms with Gasteiger partial charge in [-0.15, -0.1) is 0 Å². The number of ether oxygens (including phenoxy) is 3. The highest BCUT2D eigenvalue weighted by Crippen LogP contribution is 2.23. The molecule has 0 saturated carbocycles. The van der Waals surface area contributed by atoms with Crippen molar-refractivity contribution < 1.29 is 19.0 Å². The first-order valence-corrected chi connectivity index (χ1v) is 10.9. The number of amides is 1. The van der Waals surface area contributed by atoms with Gasteiger partial charge < -0.3 is 14.2 Å². The highest BCUT2D eigenvalue weighted by atomic mass is 32.1. The molecule has 0 aliphatic heterocycles. The molecule has 1 amide bonds. The lowest BCUT2D eigenvalue weighted by molar-refractivity contribution is -0.121. The summed E-state index contributed by atoms with van der Waals surface area (Å²) in [5.41, 5.74) is 6.65. The molecule has 168 valence electrons. The summed E-state index contributed by atoms with van der Waals surface area (Å²) in [5.74, 6) is 1.86. The minimum absolute atomic E-state index is 0.123. The van der Waals surface area contributed by atoms with Gasteiger partial charge in [-0.1, -0.05) is 24.9 Å². The average Bonchev–Trinajstić information content (AvgIpc) is 2.79. The molecular formula is C26H29NO4S. The third-order valence-electron chi connectivity index (χ3n) is 5.29. The highest BCUT2D eigenvalue weighted by molar-refractivity contribution is 7.78. The Labute approximate surface area is 195 Å². The lowest BCUT2D eigenvalue weighted by Gasteiger charge is -2.14. The van der Waals surface area contributed by atoms with Gasteiger partial charge in [0.05, 0.1) is 0 Å². The van der Waals surface area contributed by atoms with Gasteiger partial charge in [0, 0.05) is 0 Å². The Kier molecular flexibility index (Phi) is 8.06. The second-order valence-corrected chi connectivity index (χ2v) is 8.10. The molecule has 6 heteroatoms. The summed E-state index contributed by atoms with van der Waals surface area (Å²) in [7, 11) is 0. The smallest absolute Gasteiger partial charge is 0.267 e. The fourth-order valence-electron chi connectivity index (χ4n) is 3.10. The zero-order valence-electron chi connectivity index (χ0n) is 18.9. The number of nitrogens with one attached hydrogen (secondary N) is 1. The molecule has 3 rings (SSSR count). The summed E-state index contributed by atoms with van der Waals surface area (Å²) in [5, 5.41) is 0. The lowest BCUT2D eigenvalue weighted by Crippen LogP contribution is -2.21. The summed E-state index contributed by atoms with van der Waals surface area (Å²) < 4.78 is 19.9. The molecule has 0 aliphatic carbocycles. The first-order valence-electron chi connectivity index (χ1n) is 10.4. The summed E-state index contributed by atoms with van der Waals surface area (Å²) in [6, 6.07) is 17.8. The standard InChI is InChI=1S/C26H29NO4S/c1-17-5-7-23(9-19(17)3)29-14-21-11-22(13-25(12-21)31-16-26(28)27-32)15-30-24-8-6-18(2)20(4)10-24/h5-13,32H,14-16H2,1-4H3,(H,27,28). The Bertz CT molecular complexity index is 1020. The average molecular weight is 452 g/mol. The van der Waals surface area contributed by atoms with E-state index < -0.39 is 0 Å². The van der Waals surface area contributed by atoms with Gasteiger partial charge in [-0.3, -0.25) is 9.52 Å². The van der Waals surface area contributed by atoms with E-state index in [2.05, 4.69) is 45.2 Å². The van der Waals surface area contributed by atoms with Crippen LogP contribution in [0.4, 0.5) is 0 Å². The molecule has 0 saturated heterocycles. The third-order valence-corrected chi connectivity index (χ3v) is 5.54. The molecule has 1 N–H and O–H groups in total. The van der Waals surface area contributed by atoms with Crippen LogP contribution in [0.25, 0.3) is 0 Å². The predicted octanol–water partition coefficient (Wildman–Crippen LogP) is 5.42. The van der Waals surface area contributed by atoms with Crippen molar-refractivity contribution in [3.63, 3.8) is 0 Å². The summed E-state index contributed by atoms with van der Waals surface area (Å²) in [6.45, 7) is 8.88. The van der Waals surface area contributed by atoms with Crippen molar-refractivity contribution in [3.8, 4) is 17.2 Å². The van der Waals surface area contributed by atoms with Crippen LogP contribution in [0.15, 0.2) is 54.6 Å². The number of hydrogen-bond acceptors (Lipinski definition) is 5. The molecule has 3 aromatic rings. The van der Waals surface area contributed by atoms with Crippen molar-refractivity contribution in [2.45, 2.75) is 40.9 Å². The van der Waals surface area contributed by atoms with E-state index in [1.54, 1.807) is 0 Å². The SMILES string of the molecule is Cc1ccc(OCc2cc(COc3ccc(C)c(C)c3)cc(OCC(=O)NS)c2)cc1C. The van der Waals surface area contributed by atoms with E-state index in [0.717, 1.165) is 22.6 Å². The molecule has 0 radical (unpaired) electrons. The molecule has 0 unspecified atom stereocenters. The fourth-order valence-corrected chi connectivity index (χ4v) is 3.17. The molecule has 0 aromatic heterocycles. The number of aryl methyl sites for hydroxylation is 4. The number of rotatable bonds is 9. The summed E-state index contributed by atoms with van der Waals surface area (Å²) in [4.78, 5) is 11.5. The van der Waals surface area contributed by atoms with E-state index in [9.17, 15) is 4.79 Å². The van der Waals surface area contributed by atoms with Crippen LogP contribution in [0.5, 0.6) is 17.2 Å². The normalized spacial score (nSPS) is 10.5. The van der Waals surface area contributed by atoms with Crippen molar-refractivity contribution in [3.05, 3.63) is 88.0 Å². The van der Waals surface area contributed by atoms with Crippen LogP contribution < -0.4 is 18.9 Å². The van der Waals surface area contributed by atoms with Gasteiger partial charge in [0.2, 0.25) is 0 Å². The van der Waals surface area contributed by atoms with Gasteiger partial charge in [-0.25, -0.2) is 0 Å². The Balaban J connectivity index is 1.75. The molecular weight excluding hydrogens is 422 g/mol. The Hall–Kier alpha value is -3.12. The van der Waals surface area contributed by atoms with Crippen LogP contribution in [-0.2, 0) is 18.0 Å². The second kappa shape index (κ2) is 11.0. The molecule has 0 fully saturated rings. The van der Waals surface area contributed by atoms with Crippen molar-refractivity contribution >= 4 is 18.7 Å². The third kappa shape index (κ3) is 6.69. The summed E-state index contributed by atoms with van der Waals surface area (Å²) >= 11 is 3.76. The van der Waals surface area contributed by atoms with Crippen LogP contribution >= 0.6 is 12.8 Å². The van der Waals surface area contributed by atoms with E-state index in [1.165, 1.54) is 22.3 Å². The van der Waals surface area contributed by atoms with Gasteiger partial charge in [0.25, 0.3) is 5.91 Å². The monoisotopic (exact) mass is 451 g/mol. The van der Waals surface area contributed by atoms with Gasteiger partial charge in [-0.2, -0.15) is 0 Å². The maximum atomic E-state index is 11.5. The van der Waals surface area contributed by atoms with Crippen LogP contribution in [0.1, 0.15) is 33.4 Å². The predicted molar refractivity (Wildman–Crippen MR) is 130 cm³/mol. The first-order chi connectivity index (χ1) is 15.3. The molecule has 3 aromatic carbocycles. The quantitative estimate of drug-likeness (QED) is 0.427. The number of benzene rings is 3. The van der Waals surface area contributed by atoms with E-state index in [0.29, 0.717) is 19.0 Å². The van der Waals surface area contributed by atoms with Crippen LogP contribution in [-0.4, -0.2) is 12.5 Å². The zero-order chi connectivity index (χ0) is 23.1. The molecule has 32 heavy (non-hydrogen) atoms. The fraction of sp³-hybridized carbons (Fsp3) is 0.269. The number of carbonyl (C=O) groups excluding carboxylic acids is 1. The Morgan fingerprint density at radius 3 is 1.62 bits per heavy atom. The Morgan fingerprint density at radius 2 is 1.19 bits per heavy atom. The molecule has 5 nitrogen and oxygen atoms in total. The Morgan fingerprint density at radius 1 is 0.688 bits per heavy atom. The van der Waals surface area contributed by atoms with Crippen LogP contribution in [0.3, 0.4) is 0 Å². The minimum Gasteiger partial charge on any atom is -0.489 e. The van der Waals surface area contributed by atoms with Gasteiger partial charge in [-0.05, 0) is 104 Å². The van der Waals surface area contributed by atoms with Crippen LogP contribution in [0, 0.1) is 27.7 Å². The first kappa shape index (κ1) is 23.5. The van der Waals surface area contributed by atoms with Crippen molar-refractivity contribution in [1.82, 2.24) is 4.72 Å². The lowest BCUT2D eigenvalue weighted by atomic mass is 10.1. The van der Waals surface area contributed by atoms with Gasteiger partial charge >= 0.3 is 0 Å². The molecule has 0 atom stereocenters. The zero-order valence-corrected chi connectivity index (χ0v) is 19.8. The molecule has 0 aliphatic rings. The molecule has 0 heterocycles. The maximum absolute atomic E-state index is 11.5. The topological polar surface area (TPSA) is 56.8 Å². The summed E-state index contributed by atoms with van der Waals surface area (Å²) in [6.07, 6.45) is 0. The molecule has 0 spiro atoms. The van der Waals surface area contributed by atoms with Crippen molar-refractivity contribution in [1.29, 1.82) is 0 Å². The van der Waals surface area contributed by atoms with Crippen molar-refractivity contribution in [2.75, 3.05) is 6.61 Å². The number of carbonyl (C=O) groups is 1. The maximum Gasteiger partial charge on any atom is 0.267 e. The minimum atomic E-state index is -0.321. The van der Waals surface area contributed by atoms with E-state index in [1.807, 2.05) is 54.6 Å². The van der Waals surface area contributed by atoms with Gasteiger partial charge in [0.15, 0.2) is 6.61 Å². The second-order valence-electron chi connectivity index (χ2n) is 7.88. The molecule has 0 bridgehead atoms. The largest absolute Gasteiger partial charge is 0.489 e. The number of hydrogen-bond donors (Lipinski definition) is 2. The van der Waals surface area contributed by atoms with E-state index in [-0.39, 0.29) is 12.5 Å². The van der Waals surface area contributed by atoms with E-state index in [4.69, 9.17) is 14.2 Å². The van der Waals surface area contributed by atoms with Crippen LogP contribution in [0.2, 0.25) is 0 Å². The van der Waals surface area contributed by atoms with E-state index >= 15 is 0 Å².